The van der Waals surface area contributed by atoms with Crippen LogP contribution in [0, 0.1) is 0 Å². The van der Waals surface area contributed by atoms with Gasteiger partial charge in [0.2, 0.25) is 0 Å². The van der Waals surface area contributed by atoms with Gasteiger partial charge in [0, 0.05) is 11.1 Å². The van der Waals surface area contributed by atoms with E-state index in [1.54, 1.807) is 6.07 Å². The fraction of sp³-hybridized carbons (Fsp3) is 0.308. The molecule has 76 valence electrons. The number of fused-ring (bicyclic) bond motifs is 2. The summed E-state index contributed by atoms with van der Waals surface area (Å²) in [6.07, 6.45) is 4.67. The summed E-state index contributed by atoms with van der Waals surface area (Å²) in [6.45, 7) is 0. The molecule has 0 radical (unpaired) electrons. The Morgan fingerprint density at radius 2 is 2.00 bits per heavy atom. The lowest BCUT2D eigenvalue weighted by atomic mass is 9.94. The van der Waals surface area contributed by atoms with Crippen molar-refractivity contribution < 1.29 is 5.11 Å². The Bertz CT molecular complexity index is 519. The third-order valence-corrected chi connectivity index (χ3v) is 3.11. The van der Waals surface area contributed by atoms with Crippen LogP contribution in [0.15, 0.2) is 24.3 Å². The molecule has 0 saturated carbocycles. The van der Waals surface area contributed by atoms with Crippen molar-refractivity contribution in [2.75, 3.05) is 0 Å². The maximum absolute atomic E-state index is 9.73. The van der Waals surface area contributed by atoms with Gasteiger partial charge in [-0.2, -0.15) is 0 Å². The second-order valence-electron chi connectivity index (χ2n) is 4.15. The highest BCUT2D eigenvalue weighted by Crippen LogP contribution is 2.28. The van der Waals surface area contributed by atoms with Gasteiger partial charge in [0.1, 0.15) is 5.75 Å². The van der Waals surface area contributed by atoms with Crippen molar-refractivity contribution in [2.24, 2.45) is 0 Å². The van der Waals surface area contributed by atoms with E-state index in [9.17, 15) is 5.11 Å². The Morgan fingerprint density at radius 3 is 2.93 bits per heavy atom. The fourth-order valence-electron chi connectivity index (χ4n) is 2.30. The van der Waals surface area contributed by atoms with Gasteiger partial charge in [-0.05, 0) is 49.4 Å². The molecule has 0 bridgehead atoms. The maximum Gasteiger partial charge on any atom is 0.124 e. The minimum Gasteiger partial charge on any atom is -0.507 e. The Hall–Kier alpha value is -1.57. The highest BCUT2D eigenvalue weighted by atomic mass is 16.3. The van der Waals surface area contributed by atoms with Crippen LogP contribution in [0.5, 0.6) is 5.75 Å². The van der Waals surface area contributed by atoms with Crippen molar-refractivity contribution in [3.05, 3.63) is 35.5 Å². The molecule has 1 aliphatic rings. The van der Waals surface area contributed by atoms with Gasteiger partial charge < -0.3 is 5.11 Å². The molecule has 1 aromatic heterocycles. The Balaban J connectivity index is 2.31. The molecule has 0 unspecified atom stereocenters. The van der Waals surface area contributed by atoms with Crippen molar-refractivity contribution in [2.45, 2.75) is 25.7 Å². The molecule has 2 heteroatoms. The third kappa shape index (κ3) is 1.37. The van der Waals surface area contributed by atoms with E-state index in [0.717, 1.165) is 23.7 Å². The maximum atomic E-state index is 9.73. The topological polar surface area (TPSA) is 33.1 Å². The van der Waals surface area contributed by atoms with E-state index in [1.165, 1.54) is 24.1 Å². The lowest BCUT2D eigenvalue weighted by Crippen LogP contribution is -2.05. The second-order valence-corrected chi connectivity index (χ2v) is 4.15. The van der Waals surface area contributed by atoms with Crippen LogP contribution in [0.25, 0.3) is 10.9 Å². The van der Waals surface area contributed by atoms with Gasteiger partial charge in [-0.15, -0.1) is 0 Å². The molecule has 0 atom stereocenters. The predicted molar refractivity (Wildman–Crippen MR) is 60.0 cm³/mol. The fourth-order valence-corrected chi connectivity index (χ4v) is 2.30. The molecule has 1 heterocycles. The largest absolute Gasteiger partial charge is 0.507 e. The predicted octanol–water partition coefficient (Wildman–Crippen LogP) is 2.82. The SMILES string of the molecule is Oc1cccc2nc3c(cc12)CCCC3. The first-order chi connectivity index (χ1) is 7.34. The van der Waals surface area contributed by atoms with Crippen molar-refractivity contribution in [1.82, 2.24) is 4.98 Å². The number of phenols is 1. The molecule has 0 spiro atoms. The highest BCUT2D eigenvalue weighted by Gasteiger charge is 2.12. The van der Waals surface area contributed by atoms with Crippen LogP contribution < -0.4 is 0 Å². The van der Waals surface area contributed by atoms with Gasteiger partial charge in [0.25, 0.3) is 0 Å². The molecule has 2 nitrogen and oxygen atoms in total. The molecular weight excluding hydrogens is 186 g/mol. The van der Waals surface area contributed by atoms with Gasteiger partial charge >= 0.3 is 0 Å². The van der Waals surface area contributed by atoms with Crippen LogP contribution in [0.3, 0.4) is 0 Å². The average molecular weight is 199 g/mol. The zero-order valence-electron chi connectivity index (χ0n) is 8.53. The Kier molecular flexibility index (Phi) is 1.88. The number of phenolic OH excluding ortho intramolecular Hbond substituents is 1. The van der Waals surface area contributed by atoms with Crippen molar-refractivity contribution in [3.63, 3.8) is 0 Å². The molecule has 1 N–H and O–H groups in total. The molecule has 1 aliphatic carbocycles. The second kappa shape index (κ2) is 3.23. The lowest BCUT2D eigenvalue weighted by Gasteiger charge is -2.15. The Labute approximate surface area is 88.6 Å². The van der Waals surface area contributed by atoms with Gasteiger partial charge in [-0.3, -0.25) is 4.98 Å². The van der Waals surface area contributed by atoms with Crippen molar-refractivity contribution in [3.8, 4) is 5.75 Å². The summed E-state index contributed by atoms with van der Waals surface area (Å²) in [5.41, 5.74) is 3.45. The van der Waals surface area contributed by atoms with Crippen LogP contribution in [-0.2, 0) is 12.8 Å². The number of hydrogen-bond acceptors (Lipinski definition) is 2. The molecule has 0 saturated heterocycles. The normalized spacial score (nSPS) is 15.2. The summed E-state index contributed by atoms with van der Waals surface area (Å²) in [7, 11) is 0. The van der Waals surface area contributed by atoms with Crippen LogP contribution in [0.2, 0.25) is 0 Å². The van der Waals surface area contributed by atoms with E-state index in [1.807, 2.05) is 12.1 Å². The number of aryl methyl sites for hydroxylation is 2. The molecule has 0 amide bonds. The van der Waals surface area contributed by atoms with Gasteiger partial charge in [0.05, 0.1) is 5.52 Å². The lowest BCUT2D eigenvalue weighted by molar-refractivity contribution is 0.481. The van der Waals surface area contributed by atoms with Crippen LogP contribution in [0.1, 0.15) is 24.1 Å². The minimum absolute atomic E-state index is 0.341. The number of aromatic hydroxyl groups is 1. The number of hydrogen-bond donors (Lipinski definition) is 1. The van der Waals surface area contributed by atoms with E-state index in [2.05, 4.69) is 11.1 Å². The summed E-state index contributed by atoms with van der Waals surface area (Å²) in [5, 5.41) is 10.6. The number of benzene rings is 1. The van der Waals surface area contributed by atoms with Crippen molar-refractivity contribution >= 4 is 10.9 Å². The smallest absolute Gasteiger partial charge is 0.124 e. The average Bonchev–Trinajstić information content (AvgIpc) is 2.27. The first kappa shape index (κ1) is 8.72. The number of aromatic nitrogens is 1. The quantitative estimate of drug-likeness (QED) is 0.707. The first-order valence-corrected chi connectivity index (χ1v) is 5.45. The van der Waals surface area contributed by atoms with E-state index < -0.39 is 0 Å². The van der Waals surface area contributed by atoms with E-state index in [4.69, 9.17) is 0 Å². The van der Waals surface area contributed by atoms with Gasteiger partial charge in [-0.1, -0.05) is 6.07 Å². The van der Waals surface area contributed by atoms with E-state index in [-0.39, 0.29) is 0 Å². The van der Waals surface area contributed by atoms with E-state index >= 15 is 0 Å². The standard InChI is InChI=1S/C13H13NO/c15-13-7-3-6-12-10(13)8-9-4-1-2-5-11(9)14-12/h3,6-8,15H,1-2,4-5H2. The van der Waals surface area contributed by atoms with Gasteiger partial charge in [0.15, 0.2) is 0 Å². The van der Waals surface area contributed by atoms with Crippen LogP contribution in [0.4, 0.5) is 0 Å². The summed E-state index contributed by atoms with van der Waals surface area (Å²) in [5.74, 6) is 0.341. The summed E-state index contributed by atoms with van der Waals surface area (Å²) in [6, 6.07) is 7.63. The molecular formula is C13H13NO. The summed E-state index contributed by atoms with van der Waals surface area (Å²) in [4.78, 5) is 4.62. The third-order valence-electron chi connectivity index (χ3n) is 3.11. The highest BCUT2D eigenvalue weighted by molar-refractivity contribution is 5.85. The molecule has 0 fully saturated rings. The van der Waals surface area contributed by atoms with E-state index in [0.29, 0.717) is 5.75 Å². The molecule has 1 aromatic carbocycles. The molecule has 2 aromatic rings. The molecule has 0 aliphatic heterocycles. The van der Waals surface area contributed by atoms with Crippen LogP contribution >= 0.6 is 0 Å². The zero-order valence-corrected chi connectivity index (χ0v) is 8.53. The monoisotopic (exact) mass is 199 g/mol. The van der Waals surface area contributed by atoms with Crippen LogP contribution in [-0.4, -0.2) is 10.1 Å². The number of nitrogens with zero attached hydrogens (tertiary/aromatic N) is 1. The van der Waals surface area contributed by atoms with Crippen molar-refractivity contribution in [1.29, 1.82) is 0 Å². The summed E-state index contributed by atoms with van der Waals surface area (Å²) < 4.78 is 0. The molecule has 3 rings (SSSR count). The van der Waals surface area contributed by atoms with Gasteiger partial charge in [-0.25, -0.2) is 0 Å². The Morgan fingerprint density at radius 1 is 1.13 bits per heavy atom. The minimum atomic E-state index is 0.341. The number of rotatable bonds is 0. The molecule has 15 heavy (non-hydrogen) atoms. The number of pyridine rings is 1. The summed E-state index contributed by atoms with van der Waals surface area (Å²) >= 11 is 0. The first-order valence-electron chi connectivity index (χ1n) is 5.45. The zero-order chi connectivity index (χ0) is 10.3.